The number of carboxylic acid groups (broad SMARTS) is 1. The van der Waals surface area contributed by atoms with E-state index in [1.807, 2.05) is 0 Å². The number of carboxylic acids is 1. The van der Waals surface area contributed by atoms with E-state index in [1.54, 1.807) is 13.8 Å². The molecule has 3 atom stereocenters. The average molecular weight is 269 g/mol. The van der Waals surface area contributed by atoms with Gasteiger partial charge >= 0.3 is 12.0 Å². The number of fused-ring (bicyclic) bond motifs is 1. The summed E-state index contributed by atoms with van der Waals surface area (Å²) in [4.78, 5) is 25.4. The molecule has 3 N–H and O–H groups in total. The van der Waals surface area contributed by atoms with Gasteiger partial charge in [0.05, 0.1) is 0 Å². The SMILES string of the molecule is CC(C)[C@H](NC(=O)NC1CCN2CCCC12)C(=O)O. The predicted octanol–water partition coefficient (Wildman–Crippen LogP) is 0.632. The Balaban J connectivity index is 1.85. The van der Waals surface area contributed by atoms with Gasteiger partial charge in [-0.25, -0.2) is 9.59 Å². The van der Waals surface area contributed by atoms with Crippen LogP contribution in [-0.2, 0) is 4.79 Å². The number of nitrogens with one attached hydrogen (secondary N) is 2. The lowest BCUT2D eigenvalue weighted by atomic mass is 10.0. The minimum Gasteiger partial charge on any atom is -0.480 e. The van der Waals surface area contributed by atoms with Crippen molar-refractivity contribution in [2.24, 2.45) is 5.92 Å². The standard InChI is InChI=1S/C13H23N3O3/c1-8(2)11(12(17)18)15-13(19)14-9-5-7-16-6-3-4-10(9)16/h8-11H,3-7H2,1-2H3,(H,17,18)(H2,14,15,19)/t9?,10?,11-/m0/s1. The molecule has 0 aromatic carbocycles. The third-order valence-electron chi connectivity index (χ3n) is 4.14. The van der Waals surface area contributed by atoms with Gasteiger partial charge in [-0.1, -0.05) is 13.8 Å². The van der Waals surface area contributed by atoms with E-state index in [1.165, 1.54) is 6.42 Å². The molecule has 2 saturated heterocycles. The fourth-order valence-corrected chi connectivity index (χ4v) is 3.12. The van der Waals surface area contributed by atoms with Crippen molar-refractivity contribution >= 4 is 12.0 Å². The molecule has 108 valence electrons. The van der Waals surface area contributed by atoms with Crippen LogP contribution in [0.5, 0.6) is 0 Å². The van der Waals surface area contributed by atoms with E-state index in [-0.39, 0.29) is 18.0 Å². The predicted molar refractivity (Wildman–Crippen MR) is 70.9 cm³/mol. The molecule has 0 radical (unpaired) electrons. The molecule has 2 heterocycles. The van der Waals surface area contributed by atoms with Gasteiger partial charge in [0.25, 0.3) is 0 Å². The maximum Gasteiger partial charge on any atom is 0.326 e. The fraction of sp³-hybridized carbons (Fsp3) is 0.846. The Labute approximate surface area is 113 Å². The van der Waals surface area contributed by atoms with Crippen molar-refractivity contribution in [3.05, 3.63) is 0 Å². The average Bonchev–Trinajstić information content (AvgIpc) is 2.90. The number of rotatable bonds is 4. The van der Waals surface area contributed by atoms with E-state index < -0.39 is 12.0 Å². The molecule has 0 saturated carbocycles. The molecule has 19 heavy (non-hydrogen) atoms. The summed E-state index contributed by atoms with van der Waals surface area (Å²) in [5.41, 5.74) is 0. The van der Waals surface area contributed by atoms with E-state index in [0.717, 1.165) is 25.9 Å². The lowest BCUT2D eigenvalue weighted by molar-refractivity contribution is -0.140. The minimum atomic E-state index is -0.987. The van der Waals surface area contributed by atoms with Crippen LogP contribution in [0, 0.1) is 5.92 Å². The zero-order valence-corrected chi connectivity index (χ0v) is 11.6. The smallest absolute Gasteiger partial charge is 0.326 e. The second kappa shape index (κ2) is 5.77. The molecule has 2 aliphatic rings. The molecule has 6 nitrogen and oxygen atoms in total. The van der Waals surface area contributed by atoms with Crippen LogP contribution in [0.4, 0.5) is 4.79 Å². The van der Waals surface area contributed by atoms with Crippen LogP contribution < -0.4 is 10.6 Å². The van der Waals surface area contributed by atoms with Gasteiger partial charge in [0.1, 0.15) is 6.04 Å². The van der Waals surface area contributed by atoms with Crippen LogP contribution >= 0.6 is 0 Å². The minimum absolute atomic E-state index is 0.130. The highest BCUT2D eigenvalue weighted by Crippen LogP contribution is 2.27. The number of carbonyl (C=O) groups excluding carboxylic acids is 1. The summed E-state index contributed by atoms with van der Waals surface area (Å²) >= 11 is 0. The Morgan fingerprint density at radius 2 is 2.00 bits per heavy atom. The van der Waals surface area contributed by atoms with Crippen LogP contribution in [0.2, 0.25) is 0 Å². The Bertz CT molecular complexity index is 359. The zero-order valence-electron chi connectivity index (χ0n) is 11.6. The van der Waals surface area contributed by atoms with Crippen molar-refractivity contribution < 1.29 is 14.7 Å². The zero-order chi connectivity index (χ0) is 14.0. The van der Waals surface area contributed by atoms with Gasteiger partial charge < -0.3 is 15.7 Å². The van der Waals surface area contributed by atoms with Gasteiger partial charge in [-0.05, 0) is 31.7 Å². The summed E-state index contributed by atoms with van der Waals surface area (Å²) in [6, 6.07) is -0.599. The maximum absolute atomic E-state index is 11.9. The van der Waals surface area contributed by atoms with Gasteiger partial charge in [0.15, 0.2) is 0 Å². The Morgan fingerprint density at radius 3 is 2.63 bits per heavy atom. The monoisotopic (exact) mass is 269 g/mol. The summed E-state index contributed by atoms with van der Waals surface area (Å²) in [6.45, 7) is 5.72. The van der Waals surface area contributed by atoms with Crippen LogP contribution in [0.15, 0.2) is 0 Å². The first-order valence-corrected chi connectivity index (χ1v) is 7.03. The van der Waals surface area contributed by atoms with E-state index in [4.69, 9.17) is 5.11 Å². The number of aliphatic carboxylic acids is 1. The third kappa shape index (κ3) is 3.18. The first kappa shape index (κ1) is 14.1. The van der Waals surface area contributed by atoms with Gasteiger partial charge in [-0.3, -0.25) is 4.90 Å². The number of nitrogens with zero attached hydrogens (tertiary/aromatic N) is 1. The second-order valence-electron chi connectivity index (χ2n) is 5.82. The maximum atomic E-state index is 11.9. The number of amides is 2. The molecule has 2 rings (SSSR count). The number of hydrogen-bond donors (Lipinski definition) is 3. The molecular formula is C13H23N3O3. The van der Waals surface area contributed by atoms with E-state index in [2.05, 4.69) is 15.5 Å². The molecule has 0 spiro atoms. The van der Waals surface area contributed by atoms with E-state index in [0.29, 0.717) is 6.04 Å². The van der Waals surface area contributed by atoms with E-state index in [9.17, 15) is 9.59 Å². The molecule has 2 amide bonds. The summed E-state index contributed by atoms with van der Waals surface area (Å²) in [7, 11) is 0. The lowest BCUT2D eigenvalue weighted by Crippen LogP contribution is -2.52. The molecule has 2 unspecified atom stereocenters. The molecular weight excluding hydrogens is 246 g/mol. The summed E-state index contributed by atoms with van der Waals surface area (Å²) in [5.74, 6) is -1.12. The summed E-state index contributed by atoms with van der Waals surface area (Å²) < 4.78 is 0. The molecule has 0 aliphatic carbocycles. The first-order chi connectivity index (χ1) is 8.99. The Hall–Kier alpha value is -1.30. The summed E-state index contributed by atoms with van der Waals surface area (Å²) in [6.07, 6.45) is 3.27. The van der Waals surface area contributed by atoms with Gasteiger partial charge in [-0.2, -0.15) is 0 Å². The van der Waals surface area contributed by atoms with Crippen molar-refractivity contribution in [3.63, 3.8) is 0 Å². The van der Waals surface area contributed by atoms with Crippen LogP contribution in [0.25, 0.3) is 0 Å². The highest BCUT2D eigenvalue weighted by atomic mass is 16.4. The third-order valence-corrected chi connectivity index (χ3v) is 4.14. The number of urea groups is 1. The van der Waals surface area contributed by atoms with Crippen molar-refractivity contribution in [2.45, 2.75) is 51.2 Å². The molecule has 0 aromatic rings. The van der Waals surface area contributed by atoms with Gasteiger partial charge in [0, 0.05) is 18.6 Å². The molecule has 2 aliphatic heterocycles. The molecule has 6 heteroatoms. The summed E-state index contributed by atoms with van der Waals surface area (Å²) in [5, 5.41) is 14.5. The highest BCUT2D eigenvalue weighted by Gasteiger charge is 2.38. The van der Waals surface area contributed by atoms with Crippen molar-refractivity contribution in [1.29, 1.82) is 0 Å². The lowest BCUT2D eigenvalue weighted by Gasteiger charge is -2.23. The van der Waals surface area contributed by atoms with Crippen molar-refractivity contribution in [1.82, 2.24) is 15.5 Å². The second-order valence-corrected chi connectivity index (χ2v) is 5.82. The molecule has 0 aromatic heterocycles. The van der Waals surface area contributed by atoms with Gasteiger partial charge in [-0.15, -0.1) is 0 Å². The van der Waals surface area contributed by atoms with Crippen molar-refractivity contribution in [2.75, 3.05) is 13.1 Å². The molecule has 0 bridgehead atoms. The van der Waals surface area contributed by atoms with Gasteiger partial charge in [0.2, 0.25) is 0 Å². The number of hydrogen-bond acceptors (Lipinski definition) is 3. The normalized spacial score (nSPS) is 28.2. The van der Waals surface area contributed by atoms with Crippen LogP contribution in [-0.4, -0.2) is 53.2 Å². The molecule has 2 fully saturated rings. The van der Waals surface area contributed by atoms with Crippen LogP contribution in [0.1, 0.15) is 33.1 Å². The Kier molecular flexibility index (Phi) is 4.29. The topological polar surface area (TPSA) is 81.7 Å². The quantitative estimate of drug-likeness (QED) is 0.699. The fourth-order valence-electron chi connectivity index (χ4n) is 3.12. The highest BCUT2D eigenvalue weighted by molar-refractivity contribution is 5.82. The van der Waals surface area contributed by atoms with Crippen molar-refractivity contribution in [3.8, 4) is 0 Å². The number of carbonyl (C=O) groups is 2. The Morgan fingerprint density at radius 1 is 1.26 bits per heavy atom. The first-order valence-electron chi connectivity index (χ1n) is 7.03. The van der Waals surface area contributed by atoms with Crippen LogP contribution in [0.3, 0.4) is 0 Å². The largest absolute Gasteiger partial charge is 0.480 e. The van der Waals surface area contributed by atoms with E-state index >= 15 is 0 Å².